The highest BCUT2D eigenvalue weighted by Crippen LogP contribution is 2.46. The molecule has 218 valence electrons. The van der Waals surface area contributed by atoms with Gasteiger partial charge in [-0.15, -0.1) is 0 Å². The van der Waals surface area contributed by atoms with E-state index in [1.165, 1.54) is 86.0 Å². The molecule has 0 bridgehead atoms. The number of benzene rings is 4. The Kier molecular flexibility index (Phi) is 11.2. The van der Waals surface area contributed by atoms with Gasteiger partial charge in [-0.1, -0.05) is 131 Å². The minimum absolute atomic E-state index is 0.0129. The van der Waals surface area contributed by atoms with Gasteiger partial charge in [-0.3, -0.25) is 0 Å². The van der Waals surface area contributed by atoms with Crippen molar-refractivity contribution in [2.75, 3.05) is 0 Å². The van der Waals surface area contributed by atoms with Crippen LogP contribution in [0.15, 0.2) is 72.8 Å². The molecule has 4 rings (SSSR count). The Hall–Kier alpha value is -3.12. The van der Waals surface area contributed by atoms with E-state index in [2.05, 4.69) is 135 Å². The smallest absolute Gasteiger partial charge is 0.0225 e. The van der Waals surface area contributed by atoms with E-state index in [0.717, 1.165) is 6.42 Å². The molecule has 0 saturated carbocycles. The maximum absolute atomic E-state index is 2.48. The van der Waals surface area contributed by atoms with Crippen LogP contribution in [-0.2, 0) is 5.41 Å². The molecule has 1 atom stereocenters. The first kappa shape index (κ1) is 32.4. The van der Waals surface area contributed by atoms with Crippen LogP contribution in [0.25, 0.3) is 22.3 Å². The third kappa shape index (κ3) is 6.69. The second kappa shape index (κ2) is 14.2. The minimum atomic E-state index is -0.0129. The maximum Gasteiger partial charge on any atom is 0.0225 e. The number of rotatable bonds is 9. The summed E-state index contributed by atoms with van der Waals surface area (Å²) in [6, 6.07) is 28.4. The van der Waals surface area contributed by atoms with Gasteiger partial charge in [0.25, 0.3) is 0 Å². The van der Waals surface area contributed by atoms with Gasteiger partial charge in [0.2, 0.25) is 0 Å². The second-order valence-electron chi connectivity index (χ2n) is 12.1. The summed E-state index contributed by atoms with van der Waals surface area (Å²) in [6.07, 6.45) is 4.82. The first-order chi connectivity index (χ1) is 19.6. The summed E-state index contributed by atoms with van der Waals surface area (Å²) in [5.74, 6) is 0.546. The molecule has 0 spiro atoms. The summed E-state index contributed by atoms with van der Waals surface area (Å²) in [7, 11) is 0. The van der Waals surface area contributed by atoms with Gasteiger partial charge in [-0.2, -0.15) is 0 Å². The zero-order valence-corrected chi connectivity index (χ0v) is 27.8. The quantitative estimate of drug-likeness (QED) is 0.196. The third-order valence-corrected chi connectivity index (χ3v) is 9.12. The first-order valence-corrected chi connectivity index (χ1v) is 16.0. The highest BCUT2D eigenvalue weighted by atomic mass is 14.4. The van der Waals surface area contributed by atoms with Crippen LogP contribution >= 0.6 is 0 Å². The molecule has 0 aliphatic heterocycles. The number of hydrogen-bond donors (Lipinski definition) is 0. The van der Waals surface area contributed by atoms with Crippen LogP contribution in [0.3, 0.4) is 0 Å². The molecule has 0 aliphatic rings. The van der Waals surface area contributed by atoms with Crippen LogP contribution in [0.5, 0.6) is 0 Å². The molecule has 41 heavy (non-hydrogen) atoms. The largest absolute Gasteiger partial charge is 0.0683 e. The average molecular weight is 547 g/mol. The van der Waals surface area contributed by atoms with Gasteiger partial charge < -0.3 is 0 Å². The van der Waals surface area contributed by atoms with Crippen LogP contribution < -0.4 is 0 Å². The first-order valence-electron chi connectivity index (χ1n) is 16.0. The van der Waals surface area contributed by atoms with Crippen LogP contribution in [0.2, 0.25) is 0 Å². The topological polar surface area (TPSA) is 0 Å². The zero-order valence-electron chi connectivity index (χ0n) is 27.8. The second-order valence-corrected chi connectivity index (χ2v) is 12.1. The molecule has 0 nitrogen and oxygen atoms in total. The van der Waals surface area contributed by atoms with E-state index < -0.39 is 0 Å². The fourth-order valence-electron chi connectivity index (χ4n) is 7.39. The van der Waals surface area contributed by atoms with Gasteiger partial charge in [-0.25, -0.2) is 0 Å². The lowest BCUT2D eigenvalue weighted by Gasteiger charge is -2.40. The Labute approximate surface area is 252 Å². The van der Waals surface area contributed by atoms with E-state index in [1.807, 2.05) is 13.8 Å². The highest BCUT2D eigenvalue weighted by molar-refractivity contribution is 5.73. The van der Waals surface area contributed by atoms with E-state index in [0.29, 0.717) is 5.92 Å². The van der Waals surface area contributed by atoms with Crippen molar-refractivity contribution < 1.29 is 0 Å². The monoisotopic (exact) mass is 546 g/mol. The normalized spacial score (nSPS) is 12.1. The van der Waals surface area contributed by atoms with Crippen molar-refractivity contribution >= 4 is 0 Å². The van der Waals surface area contributed by atoms with Crippen LogP contribution in [0.1, 0.15) is 105 Å². The molecule has 0 heterocycles. The van der Waals surface area contributed by atoms with Crippen molar-refractivity contribution in [2.24, 2.45) is 5.92 Å². The Morgan fingerprint density at radius 1 is 0.561 bits per heavy atom. The molecular formula is C41H54. The molecule has 4 aromatic rings. The van der Waals surface area contributed by atoms with Gasteiger partial charge in [0.05, 0.1) is 0 Å². The summed E-state index contributed by atoms with van der Waals surface area (Å²) in [4.78, 5) is 0. The number of unbranched alkanes of at least 4 members (excludes halogenated alkanes) is 1. The maximum atomic E-state index is 2.48. The van der Waals surface area contributed by atoms with E-state index in [9.17, 15) is 0 Å². The Bertz CT molecular complexity index is 1270. The predicted molar refractivity (Wildman–Crippen MR) is 183 cm³/mol. The van der Waals surface area contributed by atoms with Crippen molar-refractivity contribution in [1.29, 1.82) is 0 Å². The zero-order chi connectivity index (χ0) is 30.3. The van der Waals surface area contributed by atoms with E-state index >= 15 is 0 Å². The van der Waals surface area contributed by atoms with Gasteiger partial charge in [0.1, 0.15) is 0 Å². The van der Waals surface area contributed by atoms with E-state index in [-0.39, 0.29) is 5.41 Å². The SMILES string of the molecule is CC.CCCCC(C)C(CC)(c1ccc(-c2c(C)cc(C)cc2C)cc1)c1ccc(-c2c(C)cc(C)cc2C)cc1. The Balaban J connectivity index is 0.00000226. The fraction of sp³-hybridized carbons (Fsp3) is 0.415. The van der Waals surface area contributed by atoms with Gasteiger partial charge in [0.15, 0.2) is 0 Å². The van der Waals surface area contributed by atoms with Crippen LogP contribution in [0.4, 0.5) is 0 Å². The molecular weight excluding hydrogens is 492 g/mol. The molecule has 0 N–H and O–H groups in total. The summed E-state index contributed by atoms with van der Waals surface area (Å²) in [5, 5.41) is 0. The van der Waals surface area contributed by atoms with Gasteiger partial charge >= 0.3 is 0 Å². The standard InChI is InChI=1S/C39H48.C2H6/c1-10-12-13-32(9)39(11-2,35-18-14-33(15-19-35)37-28(5)22-26(3)23-29(37)6)36-20-16-34(17-21-36)38-30(7)24-27(4)25-31(38)8;1-2/h14-25,32H,10-13H2,1-9H3;1-2H3. The molecule has 0 aliphatic carbocycles. The van der Waals surface area contributed by atoms with Crippen LogP contribution in [0, 0.1) is 47.5 Å². The molecule has 0 amide bonds. The van der Waals surface area contributed by atoms with Crippen molar-refractivity contribution in [2.45, 2.75) is 107 Å². The van der Waals surface area contributed by atoms with Crippen molar-refractivity contribution in [3.05, 3.63) is 117 Å². The number of aryl methyl sites for hydroxylation is 6. The molecule has 0 radical (unpaired) electrons. The van der Waals surface area contributed by atoms with Gasteiger partial charge in [0, 0.05) is 5.41 Å². The summed E-state index contributed by atoms with van der Waals surface area (Å²) < 4.78 is 0. The molecule has 0 saturated heterocycles. The summed E-state index contributed by atoms with van der Waals surface area (Å²) >= 11 is 0. The lowest BCUT2D eigenvalue weighted by atomic mass is 9.63. The van der Waals surface area contributed by atoms with E-state index in [4.69, 9.17) is 0 Å². The van der Waals surface area contributed by atoms with Gasteiger partial charge in [-0.05, 0) is 116 Å². The molecule has 4 aromatic carbocycles. The number of hydrogen-bond acceptors (Lipinski definition) is 0. The molecule has 0 heteroatoms. The average Bonchev–Trinajstić information content (AvgIpc) is 2.94. The van der Waals surface area contributed by atoms with E-state index in [1.54, 1.807) is 0 Å². The van der Waals surface area contributed by atoms with Crippen molar-refractivity contribution in [3.63, 3.8) is 0 Å². The molecule has 1 unspecified atom stereocenters. The lowest BCUT2D eigenvalue weighted by molar-refractivity contribution is 0.307. The third-order valence-electron chi connectivity index (χ3n) is 9.12. The Morgan fingerprint density at radius 3 is 1.20 bits per heavy atom. The van der Waals surface area contributed by atoms with Crippen LogP contribution in [-0.4, -0.2) is 0 Å². The molecule has 0 fully saturated rings. The highest BCUT2D eigenvalue weighted by Gasteiger charge is 2.37. The fourth-order valence-corrected chi connectivity index (χ4v) is 7.39. The van der Waals surface area contributed by atoms with Crippen molar-refractivity contribution in [3.8, 4) is 22.3 Å². The predicted octanol–water partition coefficient (Wildman–Crippen LogP) is 12.4. The molecule has 0 aromatic heterocycles. The Morgan fingerprint density at radius 2 is 0.902 bits per heavy atom. The lowest BCUT2D eigenvalue weighted by Crippen LogP contribution is -2.34. The minimum Gasteiger partial charge on any atom is -0.0683 e. The van der Waals surface area contributed by atoms with Crippen molar-refractivity contribution in [1.82, 2.24) is 0 Å². The summed E-state index contributed by atoms with van der Waals surface area (Å²) in [5.41, 5.74) is 16.4. The summed E-state index contributed by atoms with van der Waals surface area (Å²) in [6.45, 7) is 24.5.